The highest BCUT2D eigenvalue weighted by atomic mass is 16.6. The smallest absolute Gasteiger partial charge is 0.231 e. The average molecular weight is 347 g/mol. The van der Waals surface area contributed by atoms with Crippen LogP contribution in [-0.4, -0.2) is 24.9 Å². The standard InChI is InChI=1S/C20H29NO4/c1-2-3-4-5-6-7-8-9-17(22)15-20(23)21-16-10-11-18-19(14-16)25-13-12-24-18/h10-11,14H,2-9,12-13,15H2,1H3,(H,21,23). The first-order chi connectivity index (χ1) is 12.2. The van der Waals surface area contributed by atoms with Crippen molar-refractivity contribution >= 4 is 17.4 Å². The summed E-state index contributed by atoms with van der Waals surface area (Å²) in [5.41, 5.74) is 0.623. The summed E-state index contributed by atoms with van der Waals surface area (Å²) < 4.78 is 10.9. The van der Waals surface area contributed by atoms with Gasteiger partial charge in [-0.3, -0.25) is 9.59 Å². The minimum atomic E-state index is -0.273. The molecule has 1 amide bonds. The van der Waals surface area contributed by atoms with Gasteiger partial charge in [-0.05, 0) is 18.6 Å². The molecule has 0 atom stereocenters. The van der Waals surface area contributed by atoms with Gasteiger partial charge < -0.3 is 14.8 Å². The van der Waals surface area contributed by atoms with Gasteiger partial charge in [-0.15, -0.1) is 0 Å². The van der Waals surface area contributed by atoms with Crippen molar-refractivity contribution in [3.8, 4) is 11.5 Å². The Hall–Kier alpha value is -2.04. The van der Waals surface area contributed by atoms with Crippen molar-refractivity contribution in [3.05, 3.63) is 18.2 Å². The first kappa shape index (κ1) is 19.3. The number of rotatable bonds is 11. The third kappa shape index (κ3) is 7.16. The van der Waals surface area contributed by atoms with Crippen LogP contribution >= 0.6 is 0 Å². The lowest BCUT2D eigenvalue weighted by Gasteiger charge is -2.18. The molecule has 0 fully saturated rings. The monoisotopic (exact) mass is 347 g/mol. The van der Waals surface area contributed by atoms with Crippen LogP contribution in [-0.2, 0) is 9.59 Å². The Morgan fingerprint density at radius 1 is 0.960 bits per heavy atom. The van der Waals surface area contributed by atoms with Crippen LogP contribution in [0.4, 0.5) is 5.69 Å². The molecule has 0 bridgehead atoms. The Bertz CT molecular complexity index is 571. The maximum atomic E-state index is 12.0. The first-order valence-electron chi connectivity index (χ1n) is 9.40. The van der Waals surface area contributed by atoms with Gasteiger partial charge in [0.2, 0.25) is 5.91 Å². The van der Waals surface area contributed by atoms with Crippen LogP contribution < -0.4 is 14.8 Å². The summed E-state index contributed by atoms with van der Waals surface area (Å²) in [4.78, 5) is 23.9. The zero-order valence-electron chi connectivity index (χ0n) is 15.1. The van der Waals surface area contributed by atoms with Crippen molar-refractivity contribution in [2.45, 2.75) is 64.7 Å². The van der Waals surface area contributed by atoms with Gasteiger partial charge in [0, 0.05) is 18.2 Å². The summed E-state index contributed by atoms with van der Waals surface area (Å²) in [6, 6.07) is 5.25. The predicted molar refractivity (Wildman–Crippen MR) is 98.3 cm³/mol. The maximum Gasteiger partial charge on any atom is 0.231 e. The first-order valence-corrected chi connectivity index (χ1v) is 9.40. The summed E-state index contributed by atoms with van der Waals surface area (Å²) in [6.45, 7) is 3.24. The van der Waals surface area contributed by atoms with E-state index in [9.17, 15) is 9.59 Å². The van der Waals surface area contributed by atoms with E-state index in [2.05, 4.69) is 12.2 Å². The molecule has 25 heavy (non-hydrogen) atoms. The maximum absolute atomic E-state index is 12.0. The SMILES string of the molecule is CCCCCCCCCC(=O)CC(=O)Nc1ccc2c(c1)OCCO2. The van der Waals surface area contributed by atoms with Gasteiger partial charge in [-0.25, -0.2) is 0 Å². The normalized spacial score (nSPS) is 12.7. The molecule has 2 rings (SSSR count). The van der Waals surface area contributed by atoms with Gasteiger partial charge in [0.05, 0.1) is 6.42 Å². The minimum Gasteiger partial charge on any atom is -0.486 e. The van der Waals surface area contributed by atoms with Crippen LogP contribution in [0.15, 0.2) is 18.2 Å². The van der Waals surface area contributed by atoms with E-state index in [0.717, 1.165) is 12.8 Å². The second-order valence-corrected chi connectivity index (χ2v) is 6.49. The quantitative estimate of drug-likeness (QED) is 0.473. The van der Waals surface area contributed by atoms with Crippen LogP contribution in [0, 0.1) is 0 Å². The van der Waals surface area contributed by atoms with Gasteiger partial charge >= 0.3 is 0 Å². The van der Waals surface area contributed by atoms with Crippen molar-refractivity contribution in [2.24, 2.45) is 0 Å². The number of nitrogens with one attached hydrogen (secondary N) is 1. The Labute approximate surface area is 150 Å². The lowest BCUT2D eigenvalue weighted by molar-refractivity contribution is -0.125. The van der Waals surface area contributed by atoms with Crippen LogP contribution in [0.1, 0.15) is 64.7 Å². The van der Waals surface area contributed by atoms with Gasteiger partial charge in [0.15, 0.2) is 11.5 Å². The molecule has 0 spiro atoms. The fourth-order valence-electron chi connectivity index (χ4n) is 2.87. The number of fused-ring (bicyclic) bond motifs is 1. The van der Waals surface area contributed by atoms with Crippen LogP contribution in [0.5, 0.6) is 11.5 Å². The number of Topliss-reactive ketones (excluding diaryl/α,β-unsaturated/α-hetero) is 1. The molecule has 1 aromatic rings. The summed E-state index contributed by atoms with van der Waals surface area (Å²) >= 11 is 0. The summed E-state index contributed by atoms with van der Waals surface area (Å²) in [5.74, 6) is 1.03. The van der Waals surface area contributed by atoms with Crippen molar-refractivity contribution in [3.63, 3.8) is 0 Å². The van der Waals surface area contributed by atoms with Crippen LogP contribution in [0.3, 0.4) is 0 Å². The van der Waals surface area contributed by atoms with Crippen molar-refractivity contribution in [2.75, 3.05) is 18.5 Å². The molecule has 0 aliphatic carbocycles. The summed E-state index contributed by atoms with van der Waals surface area (Å²) in [6.07, 6.45) is 8.61. The molecule has 0 saturated carbocycles. The zero-order chi connectivity index (χ0) is 17.9. The van der Waals surface area contributed by atoms with Crippen molar-refractivity contribution < 1.29 is 19.1 Å². The Morgan fingerprint density at radius 3 is 2.40 bits per heavy atom. The highest BCUT2D eigenvalue weighted by molar-refractivity contribution is 6.04. The molecule has 0 saturated heterocycles. The fourth-order valence-corrected chi connectivity index (χ4v) is 2.87. The lowest BCUT2D eigenvalue weighted by atomic mass is 10.1. The average Bonchev–Trinajstić information content (AvgIpc) is 2.60. The molecule has 0 unspecified atom stereocenters. The highest BCUT2D eigenvalue weighted by Crippen LogP contribution is 2.32. The molecule has 1 N–H and O–H groups in total. The van der Waals surface area contributed by atoms with Crippen LogP contribution in [0.25, 0.3) is 0 Å². The molecule has 138 valence electrons. The van der Waals surface area contributed by atoms with Gasteiger partial charge in [0.25, 0.3) is 0 Å². The Morgan fingerprint density at radius 2 is 1.64 bits per heavy atom. The molecule has 1 heterocycles. The van der Waals surface area contributed by atoms with E-state index in [4.69, 9.17) is 9.47 Å². The number of unbranched alkanes of at least 4 members (excludes halogenated alkanes) is 6. The largest absolute Gasteiger partial charge is 0.486 e. The zero-order valence-corrected chi connectivity index (χ0v) is 15.1. The van der Waals surface area contributed by atoms with E-state index in [1.54, 1.807) is 18.2 Å². The number of ether oxygens (including phenoxy) is 2. The summed E-state index contributed by atoms with van der Waals surface area (Å²) in [7, 11) is 0. The Kier molecular flexibility index (Phi) is 8.29. The number of ketones is 1. The second kappa shape index (κ2) is 10.7. The number of hydrogen-bond acceptors (Lipinski definition) is 4. The number of carbonyl (C=O) groups is 2. The second-order valence-electron chi connectivity index (χ2n) is 6.49. The topological polar surface area (TPSA) is 64.6 Å². The number of amides is 1. The Balaban J connectivity index is 1.63. The van der Waals surface area contributed by atoms with Gasteiger partial charge in [0.1, 0.15) is 19.0 Å². The predicted octanol–water partition coefficient (Wildman–Crippen LogP) is 4.50. The molecule has 1 aliphatic heterocycles. The molecule has 0 radical (unpaired) electrons. The molecule has 1 aromatic carbocycles. The van der Waals surface area contributed by atoms with Gasteiger partial charge in [-0.2, -0.15) is 0 Å². The van der Waals surface area contributed by atoms with E-state index in [0.29, 0.717) is 36.8 Å². The van der Waals surface area contributed by atoms with E-state index in [1.807, 2.05) is 0 Å². The number of hydrogen-bond donors (Lipinski definition) is 1. The van der Waals surface area contributed by atoms with E-state index in [1.165, 1.54) is 32.1 Å². The van der Waals surface area contributed by atoms with E-state index < -0.39 is 0 Å². The molecular formula is C20H29NO4. The van der Waals surface area contributed by atoms with Crippen LogP contribution in [0.2, 0.25) is 0 Å². The van der Waals surface area contributed by atoms with Crippen molar-refractivity contribution in [1.29, 1.82) is 0 Å². The highest BCUT2D eigenvalue weighted by Gasteiger charge is 2.14. The molecule has 5 heteroatoms. The molecule has 5 nitrogen and oxygen atoms in total. The van der Waals surface area contributed by atoms with E-state index in [-0.39, 0.29) is 18.1 Å². The minimum absolute atomic E-state index is 0.00333. The third-order valence-electron chi connectivity index (χ3n) is 4.24. The third-order valence-corrected chi connectivity index (χ3v) is 4.24. The summed E-state index contributed by atoms with van der Waals surface area (Å²) in [5, 5.41) is 2.75. The number of benzene rings is 1. The van der Waals surface area contributed by atoms with Crippen molar-refractivity contribution in [1.82, 2.24) is 0 Å². The lowest BCUT2D eigenvalue weighted by Crippen LogP contribution is -2.18. The van der Waals surface area contributed by atoms with Gasteiger partial charge in [-0.1, -0.05) is 45.4 Å². The molecular weight excluding hydrogens is 318 g/mol. The fraction of sp³-hybridized carbons (Fsp3) is 0.600. The molecule has 0 aromatic heterocycles. The van der Waals surface area contributed by atoms with E-state index >= 15 is 0 Å². The number of carbonyl (C=O) groups excluding carboxylic acids is 2. The molecule has 1 aliphatic rings. The number of anilines is 1.